The highest BCUT2D eigenvalue weighted by atomic mass is 32.1. The fourth-order valence-electron chi connectivity index (χ4n) is 1.66. The lowest BCUT2D eigenvalue weighted by atomic mass is 10.3. The van der Waals surface area contributed by atoms with Crippen molar-refractivity contribution in [1.29, 1.82) is 0 Å². The van der Waals surface area contributed by atoms with Crippen LogP contribution in [0.1, 0.15) is 18.2 Å². The van der Waals surface area contributed by atoms with Crippen LogP contribution in [-0.2, 0) is 6.42 Å². The summed E-state index contributed by atoms with van der Waals surface area (Å²) >= 11 is 1.81. The topological polar surface area (TPSA) is 27.6 Å². The van der Waals surface area contributed by atoms with Gasteiger partial charge < -0.3 is 10.2 Å². The zero-order valence-electron chi connectivity index (χ0n) is 11.5. The molecule has 1 N–H and O–H groups in total. The maximum Gasteiger partial charge on any atom is 0.193 e. The predicted molar refractivity (Wildman–Crippen MR) is 81.4 cm³/mol. The summed E-state index contributed by atoms with van der Waals surface area (Å²) in [6, 6.07) is 4.28. The zero-order valence-corrected chi connectivity index (χ0v) is 12.3. The van der Waals surface area contributed by atoms with Crippen LogP contribution in [0, 0.1) is 0 Å². The molecule has 1 heterocycles. The van der Waals surface area contributed by atoms with Gasteiger partial charge in [0, 0.05) is 32.1 Å². The fourth-order valence-corrected chi connectivity index (χ4v) is 2.36. The first kappa shape index (κ1) is 14.8. The van der Waals surface area contributed by atoms with Crippen molar-refractivity contribution in [2.45, 2.75) is 19.8 Å². The number of hydrogen-bond acceptors (Lipinski definition) is 2. The third kappa shape index (κ3) is 5.36. The second-order valence-corrected chi connectivity index (χ2v) is 5.11. The van der Waals surface area contributed by atoms with Crippen molar-refractivity contribution >= 4 is 17.3 Å². The Labute approximate surface area is 114 Å². The molecule has 0 aliphatic carbocycles. The van der Waals surface area contributed by atoms with Gasteiger partial charge >= 0.3 is 0 Å². The zero-order chi connectivity index (χ0) is 13.2. The first-order valence-electron chi connectivity index (χ1n) is 6.33. The number of guanidine groups is 1. The first-order chi connectivity index (χ1) is 8.77. The summed E-state index contributed by atoms with van der Waals surface area (Å²) in [7, 11) is 3.91. The van der Waals surface area contributed by atoms with E-state index >= 15 is 0 Å². The van der Waals surface area contributed by atoms with Crippen molar-refractivity contribution in [3.05, 3.63) is 34.5 Å². The summed E-state index contributed by atoms with van der Waals surface area (Å²) in [5.41, 5.74) is 0. The minimum Gasteiger partial charge on any atom is -0.356 e. The smallest absolute Gasteiger partial charge is 0.193 e. The average Bonchev–Trinajstić information content (AvgIpc) is 2.89. The van der Waals surface area contributed by atoms with Crippen LogP contribution in [-0.4, -0.2) is 38.0 Å². The largest absolute Gasteiger partial charge is 0.356 e. The predicted octanol–water partition coefficient (Wildman–Crippen LogP) is 2.76. The van der Waals surface area contributed by atoms with Crippen molar-refractivity contribution in [3.8, 4) is 0 Å². The Morgan fingerprint density at radius 3 is 3.00 bits per heavy atom. The van der Waals surface area contributed by atoms with Crippen LogP contribution in [0.25, 0.3) is 0 Å². The highest BCUT2D eigenvalue weighted by Crippen LogP contribution is 2.09. The van der Waals surface area contributed by atoms with E-state index < -0.39 is 0 Å². The van der Waals surface area contributed by atoms with Gasteiger partial charge in [0.05, 0.1) is 0 Å². The molecule has 0 bridgehead atoms. The van der Waals surface area contributed by atoms with Crippen LogP contribution in [0.15, 0.2) is 34.7 Å². The molecule has 0 aliphatic heterocycles. The van der Waals surface area contributed by atoms with Gasteiger partial charge in [-0.2, -0.15) is 0 Å². The van der Waals surface area contributed by atoms with E-state index in [0.29, 0.717) is 0 Å². The molecule has 0 saturated heterocycles. The van der Waals surface area contributed by atoms with Gasteiger partial charge in [-0.3, -0.25) is 4.99 Å². The summed E-state index contributed by atoms with van der Waals surface area (Å²) in [5, 5.41) is 5.49. The molecular formula is C14H23N3S. The Balaban J connectivity index is 2.30. The molecule has 3 nitrogen and oxygen atoms in total. The van der Waals surface area contributed by atoms with Gasteiger partial charge in [-0.25, -0.2) is 0 Å². The number of likely N-dealkylation sites (N-methyl/N-ethyl adjacent to an activating group) is 1. The number of hydrogen-bond donors (Lipinski definition) is 1. The van der Waals surface area contributed by atoms with Gasteiger partial charge in [-0.15, -0.1) is 11.3 Å². The normalized spacial score (nSPS) is 12.1. The summed E-state index contributed by atoms with van der Waals surface area (Å²) in [6.45, 7) is 3.96. The van der Waals surface area contributed by atoms with Crippen LogP contribution >= 0.6 is 11.3 Å². The second kappa shape index (κ2) is 8.75. The van der Waals surface area contributed by atoms with Gasteiger partial charge in [0.2, 0.25) is 0 Å². The third-order valence-corrected chi connectivity index (χ3v) is 3.61. The molecule has 0 aliphatic rings. The van der Waals surface area contributed by atoms with E-state index in [1.54, 1.807) is 0 Å². The molecule has 4 heteroatoms. The summed E-state index contributed by atoms with van der Waals surface area (Å²) in [4.78, 5) is 7.89. The number of aliphatic imine (C=N–C) groups is 1. The van der Waals surface area contributed by atoms with Gasteiger partial charge in [-0.1, -0.05) is 18.2 Å². The molecule has 0 spiro atoms. The highest BCUT2D eigenvalue weighted by Gasteiger charge is 2.05. The van der Waals surface area contributed by atoms with Gasteiger partial charge in [0.15, 0.2) is 5.96 Å². The Hall–Kier alpha value is -1.29. The lowest BCUT2D eigenvalue weighted by Crippen LogP contribution is -2.40. The van der Waals surface area contributed by atoms with E-state index in [2.05, 4.69) is 51.9 Å². The molecule has 0 aromatic carbocycles. The molecule has 1 aromatic heterocycles. The van der Waals surface area contributed by atoms with Gasteiger partial charge in [-0.05, 0) is 31.2 Å². The van der Waals surface area contributed by atoms with E-state index in [1.807, 2.05) is 25.3 Å². The maximum atomic E-state index is 4.30. The molecule has 0 fully saturated rings. The number of nitrogens with one attached hydrogen (secondary N) is 1. The Kier molecular flexibility index (Phi) is 7.18. The number of rotatable bonds is 6. The molecule has 0 radical (unpaired) electrons. The SMILES string of the molecule is C/C=C/CCNC(=NC)N(C)CCc1cccs1. The van der Waals surface area contributed by atoms with Crippen molar-refractivity contribution in [2.75, 3.05) is 27.2 Å². The molecule has 0 atom stereocenters. The van der Waals surface area contributed by atoms with Crippen molar-refractivity contribution < 1.29 is 0 Å². The minimum atomic E-state index is 0.931. The number of allylic oxidation sites excluding steroid dienone is 1. The Bertz CT molecular complexity index is 368. The lowest BCUT2D eigenvalue weighted by molar-refractivity contribution is 0.487. The molecule has 1 aromatic rings. The van der Waals surface area contributed by atoms with E-state index in [4.69, 9.17) is 0 Å². The maximum absolute atomic E-state index is 4.30. The molecule has 100 valence electrons. The molecule has 18 heavy (non-hydrogen) atoms. The molecule has 0 amide bonds. The first-order valence-corrected chi connectivity index (χ1v) is 7.21. The standard InChI is InChI=1S/C14H23N3S/c1-4-5-6-10-16-14(15-2)17(3)11-9-13-8-7-12-18-13/h4-5,7-8,12H,6,9-11H2,1-3H3,(H,15,16)/b5-4+. The van der Waals surface area contributed by atoms with E-state index in [1.165, 1.54) is 4.88 Å². The summed E-state index contributed by atoms with van der Waals surface area (Å²) in [6.07, 6.45) is 6.34. The number of nitrogens with zero attached hydrogens (tertiary/aromatic N) is 2. The van der Waals surface area contributed by atoms with E-state index in [-0.39, 0.29) is 0 Å². The van der Waals surface area contributed by atoms with Crippen molar-refractivity contribution in [2.24, 2.45) is 4.99 Å². The van der Waals surface area contributed by atoms with Crippen molar-refractivity contribution in [1.82, 2.24) is 10.2 Å². The quantitative estimate of drug-likeness (QED) is 0.371. The highest BCUT2D eigenvalue weighted by molar-refractivity contribution is 7.09. The molecule has 1 rings (SSSR count). The van der Waals surface area contributed by atoms with Crippen LogP contribution in [0.4, 0.5) is 0 Å². The fraction of sp³-hybridized carbons (Fsp3) is 0.500. The second-order valence-electron chi connectivity index (χ2n) is 4.08. The monoisotopic (exact) mass is 265 g/mol. The Morgan fingerprint density at radius 1 is 1.56 bits per heavy atom. The van der Waals surface area contributed by atoms with E-state index in [0.717, 1.165) is 31.9 Å². The van der Waals surface area contributed by atoms with Crippen LogP contribution in [0.5, 0.6) is 0 Å². The van der Waals surface area contributed by atoms with Crippen LogP contribution in [0.3, 0.4) is 0 Å². The van der Waals surface area contributed by atoms with Gasteiger partial charge in [0.1, 0.15) is 0 Å². The summed E-state index contributed by atoms with van der Waals surface area (Å²) in [5.74, 6) is 0.969. The lowest BCUT2D eigenvalue weighted by Gasteiger charge is -2.21. The third-order valence-electron chi connectivity index (χ3n) is 2.68. The van der Waals surface area contributed by atoms with Crippen LogP contribution < -0.4 is 5.32 Å². The molecule has 0 unspecified atom stereocenters. The van der Waals surface area contributed by atoms with Crippen LogP contribution in [0.2, 0.25) is 0 Å². The van der Waals surface area contributed by atoms with Crippen molar-refractivity contribution in [3.63, 3.8) is 0 Å². The Morgan fingerprint density at radius 2 is 2.39 bits per heavy atom. The average molecular weight is 265 g/mol. The van der Waals surface area contributed by atoms with E-state index in [9.17, 15) is 0 Å². The number of thiophene rings is 1. The molecule has 0 saturated carbocycles. The van der Waals surface area contributed by atoms with Gasteiger partial charge in [0.25, 0.3) is 0 Å². The summed E-state index contributed by atoms with van der Waals surface area (Å²) < 4.78 is 0. The minimum absolute atomic E-state index is 0.931. The molecular weight excluding hydrogens is 242 g/mol.